The first-order chi connectivity index (χ1) is 13.5. The molecule has 2 aromatic carbocycles. The molecule has 1 N–H and O–H groups in total. The number of aryl methyl sites for hydroxylation is 1. The molecular formula is C22H19N3O2S. The summed E-state index contributed by atoms with van der Waals surface area (Å²) in [5, 5.41) is 0.789. The molecular weight excluding hydrogens is 370 g/mol. The number of hydrogen-bond acceptors (Lipinski definition) is 4. The molecule has 2 aromatic heterocycles. The SMILES string of the molecule is Cc1cnc2c(S(=O)(=O)NC(c3ccccc3)c3ccccn3)cccc2c1. The van der Waals surface area contributed by atoms with Crippen LogP contribution in [0.3, 0.4) is 0 Å². The average molecular weight is 389 g/mol. The lowest BCUT2D eigenvalue weighted by molar-refractivity contribution is 0.570. The predicted molar refractivity (Wildman–Crippen MR) is 109 cm³/mol. The predicted octanol–water partition coefficient (Wildman–Crippen LogP) is 4.01. The maximum absolute atomic E-state index is 13.3. The normalized spacial score (nSPS) is 12.8. The number of aromatic nitrogens is 2. The fraction of sp³-hybridized carbons (Fsp3) is 0.0909. The van der Waals surface area contributed by atoms with E-state index in [1.54, 1.807) is 30.6 Å². The molecule has 0 aliphatic carbocycles. The lowest BCUT2D eigenvalue weighted by Gasteiger charge is -2.19. The van der Waals surface area contributed by atoms with Crippen molar-refractivity contribution in [3.63, 3.8) is 0 Å². The second kappa shape index (κ2) is 7.50. The third-order valence-electron chi connectivity index (χ3n) is 4.49. The summed E-state index contributed by atoms with van der Waals surface area (Å²) in [5.41, 5.74) is 2.87. The van der Waals surface area contributed by atoms with Gasteiger partial charge in [0.05, 0.1) is 17.3 Å². The number of benzene rings is 2. The van der Waals surface area contributed by atoms with E-state index in [1.807, 2.05) is 61.5 Å². The minimum Gasteiger partial charge on any atom is -0.259 e. The number of nitrogens with zero attached hydrogens (tertiary/aromatic N) is 2. The molecule has 0 radical (unpaired) electrons. The molecule has 0 saturated carbocycles. The second-order valence-electron chi connectivity index (χ2n) is 6.56. The first-order valence-electron chi connectivity index (χ1n) is 8.88. The summed E-state index contributed by atoms with van der Waals surface area (Å²) < 4.78 is 29.4. The van der Waals surface area contributed by atoms with Crippen molar-refractivity contribution in [2.45, 2.75) is 17.9 Å². The van der Waals surface area contributed by atoms with Crippen molar-refractivity contribution in [2.75, 3.05) is 0 Å². The van der Waals surface area contributed by atoms with Gasteiger partial charge in [0, 0.05) is 17.8 Å². The van der Waals surface area contributed by atoms with Gasteiger partial charge in [0.1, 0.15) is 4.90 Å². The van der Waals surface area contributed by atoms with E-state index in [0.29, 0.717) is 11.2 Å². The van der Waals surface area contributed by atoms with Crippen molar-refractivity contribution < 1.29 is 8.42 Å². The molecule has 2 heterocycles. The van der Waals surface area contributed by atoms with Gasteiger partial charge in [-0.25, -0.2) is 8.42 Å². The highest BCUT2D eigenvalue weighted by atomic mass is 32.2. The van der Waals surface area contributed by atoms with Crippen LogP contribution in [0.1, 0.15) is 22.9 Å². The van der Waals surface area contributed by atoms with E-state index >= 15 is 0 Å². The number of hydrogen-bond donors (Lipinski definition) is 1. The van der Waals surface area contributed by atoms with Crippen molar-refractivity contribution in [1.29, 1.82) is 0 Å². The van der Waals surface area contributed by atoms with Gasteiger partial charge in [-0.3, -0.25) is 9.97 Å². The highest BCUT2D eigenvalue weighted by Gasteiger charge is 2.25. The fourth-order valence-corrected chi connectivity index (χ4v) is 4.55. The Kier molecular flexibility index (Phi) is 4.90. The summed E-state index contributed by atoms with van der Waals surface area (Å²) >= 11 is 0. The number of sulfonamides is 1. The fourth-order valence-electron chi connectivity index (χ4n) is 3.17. The summed E-state index contributed by atoms with van der Waals surface area (Å²) in [7, 11) is -3.85. The molecule has 0 bridgehead atoms. The molecule has 4 rings (SSSR count). The number of nitrogens with one attached hydrogen (secondary N) is 1. The lowest BCUT2D eigenvalue weighted by atomic mass is 10.0. The Hall–Kier alpha value is -3.09. The van der Waals surface area contributed by atoms with E-state index in [9.17, 15) is 8.42 Å². The maximum atomic E-state index is 13.3. The number of fused-ring (bicyclic) bond motifs is 1. The van der Waals surface area contributed by atoms with Crippen molar-refractivity contribution >= 4 is 20.9 Å². The minimum atomic E-state index is -3.85. The van der Waals surface area contributed by atoms with Crippen LogP contribution in [0.4, 0.5) is 0 Å². The quantitative estimate of drug-likeness (QED) is 0.560. The summed E-state index contributed by atoms with van der Waals surface area (Å²) in [5.74, 6) is 0. The number of para-hydroxylation sites is 1. The highest BCUT2D eigenvalue weighted by Crippen LogP contribution is 2.26. The first kappa shape index (κ1) is 18.3. The van der Waals surface area contributed by atoms with Crippen LogP contribution >= 0.6 is 0 Å². The molecule has 28 heavy (non-hydrogen) atoms. The number of pyridine rings is 2. The lowest BCUT2D eigenvalue weighted by Crippen LogP contribution is -2.30. The van der Waals surface area contributed by atoms with Crippen molar-refractivity contribution in [3.8, 4) is 0 Å². The van der Waals surface area contributed by atoms with Gasteiger partial charge in [-0.05, 0) is 42.3 Å². The smallest absolute Gasteiger partial charge is 0.243 e. The van der Waals surface area contributed by atoms with Crippen LogP contribution in [-0.4, -0.2) is 18.4 Å². The molecule has 0 spiro atoms. The zero-order valence-electron chi connectivity index (χ0n) is 15.3. The van der Waals surface area contributed by atoms with Gasteiger partial charge in [-0.2, -0.15) is 4.72 Å². The molecule has 1 unspecified atom stereocenters. The Morgan fingerprint density at radius 3 is 2.43 bits per heavy atom. The van der Waals surface area contributed by atoms with Crippen LogP contribution in [-0.2, 0) is 10.0 Å². The monoisotopic (exact) mass is 389 g/mol. The molecule has 1 atom stereocenters. The summed E-state index contributed by atoms with van der Waals surface area (Å²) in [4.78, 5) is 8.88. The third kappa shape index (κ3) is 3.65. The Morgan fingerprint density at radius 1 is 0.893 bits per heavy atom. The summed E-state index contributed by atoms with van der Waals surface area (Å²) in [6, 6.07) is 21.4. The minimum absolute atomic E-state index is 0.155. The molecule has 6 heteroatoms. The van der Waals surface area contributed by atoms with Crippen LogP contribution in [0.15, 0.2) is 90.1 Å². The van der Waals surface area contributed by atoms with E-state index < -0.39 is 16.1 Å². The van der Waals surface area contributed by atoms with Crippen LogP contribution in [0.2, 0.25) is 0 Å². The Labute approximate surface area is 164 Å². The topological polar surface area (TPSA) is 72.0 Å². The largest absolute Gasteiger partial charge is 0.259 e. The van der Waals surface area contributed by atoms with Crippen LogP contribution < -0.4 is 4.72 Å². The van der Waals surface area contributed by atoms with Crippen LogP contribution in [0.25, 0.3) is 10.9 Å². The highest BCUT2D eigenvalue weighted by molar-refractivity contribution is 7.89. The van der Waals surface area contributed by atoms with Gasteiger partial charge in [-0.1, -0.05) is 48.5 Å². The standard InChI is InChI=1S/C22H19N3O2S/c1-16-14-18-10-7-12-20(22(18)24-15-16)28(26,27)25-21(17-8-3-2-4-9-17)19-11-5-6-13-23-19/h2-15,21,25H,1H3. The van der Waals surface area contributed by atoms with Crippen molar-refractivity contribution in [1.82, 2.24) is 14.7 Å². The summed E-state index contributed by atoms with van der Waals surface area (Å²) in [6.45, 7) is 1.93. The van der Waals surface area contributed by atoms with E-state index in [2.05, 4.69) is 14.7 Å². The Bertz CT molecular complexity index is 1170. The Morgan fingerprint density at radius 2 is 1.68 bits per heavy atom. The van der Waals surface area contributed by atoms with Gasteiger partial charge in [0.25, 0.3) is 0 Å². The van der Waals surface area contributed by atoms with Gasteiger partial charge >= 0.3 is 0 Å². The number of rotatable bonds is 5. The molecule has 0 fully saturated rings. The van der Waals surface area contributed by atoms with E-state index in [1.165, 1.54) is 0 Å². The molecule has 0 aliphatic heterocycles. The zero-order chi connectivity index (χ0) is 19.6. The first-order valence-corrected chi connectivity index (χ1v) is 10.4. The van der Waals surface area contributed by atoms with E-state index in [0.717, 1.165) is 16.5 Å². The van der Waals surface area contributed by atoms with E-state index in [4.69, 9.17) is 0 Å². The van der Waals surface area contributed by atoms with Crippen LogP contribution in [0, 0.1) is 6.92 Å². The van der Waals surface area contributed by atoms with Crippen molar-refractivity contribution in [3.05, 3.63) is 102 Å². The average Bonchev–Trinajstić information content (AvgIpc) is 2.72. The van der Waals surface area contributed by atoms with Gasteiger partial charge in [0.15, 0.2) is 0 Å². The second-order valence-corrected chi connectivity index (χ2v) is 8.24. The molecule has 0 aliphatic rings. The third-order valence-corrected chi connectivity index (χ3v) is 5.94. The van der Waals surface area contributed by atoms with Gasteiger partial charge < -0.3 is 0 Å². The molecule has 0 saturated heterocycles. The summed E-state index contributed by atoms with van der Waals surface area (Å²) in [6.07, 6.45) is 3.33. The Balaban J connectivity index is 1.81. The van der Waals surface area contributed by atoms with Crippen molar-refractivity contribution in [2.24, 2.45) is 0 Å². The zero-order valence-corrected chi connectivity index (χ0v) is 16.1. The van der Waals surface area contributed by atoms with Gasteiger partial charge in [0.2, 0.25) is 10.0 Å². The molecule has 140 valence electrons. The van der Waals surface area contributed by atoms with E-state index in [-0.39, 0.29) is 4.90 Å². The maximum Gasteiger partial charge on any atom is 0.243 e. The van der Waals surface area contributed by atoms with Crippen LogP contribution in [0.5, 0.6) is 0 Å². The molecule has 4 aromatic rings. The molecule has 5 nitrogen and oxygen atoms in total. The van der Waals surface area contributed by atoms with Gasteiger partial charge in [-0.15, -0.1) is 0 Å². The molecule has 0 amide bonds.